The fourth-order valence-electron chi connectivity index (χ4n) is 3.01. The Balaban J connectivity index is 1.70. The van der Waals surface area contributed by atoms with Gasteiger partial charge in [0.15, 0.2) is 0 Å². The van der Waals surface area contributed by atoms with Crippen LogP contribution in [0, 0.1) is 19.8 Å². The summed E-state index contributed by atoms with van der Waals surface area (Å²) in [5.41, 5.74) is 3.43. The standard InChI is InChI=1S/C19H24N4O/c1-13-7-9-23(10-8-13)19-20-11-16(12-21-19)18(24)22-17-14(2)5-4-6-15(17)3/h4-6,11-13H,7-10H2,1-3H3,(H,22,24). The summed E-state index contributed by atoms with van der Waals surface area (Å²) in [5, 5.41) is 2.97. The van der Waals surface area contributed by atoms with Crippen molar-refractivity contribution < 1.29 is 4.79 Å². The normalized spacial score (nSPS) is 15.4. The maximum Gasteiger partial charge on any atom is 0.258 e. The quantitative estimate of drug-likeness (QED) is 0.937. The molecule has 0 aliphatic carbocycles. The number of nitrogens with zero attached hydrogens (tertiary/aromatic N) is 3. The highest BCUT2D eigenvalue weighted by atomic mass is 16.1. The molecule has 0 atom stereocenters. The van der Waals surface area contributed by atoms with Crippen molar-refractivity contribution >= 4 is 17.5 Å². The van der Waals surface area contributed by atoms with E-state index < -0.39 is 0 Å². The highest BCUT2D eigenvalue weighted by Gasteiger charge is 2.18. The van der Waals surface area contributed by atoms with Crippen LogP contribution in [-0.4, -0.2) is 29.0 Å². The van der Waals surface area contributed by atoms with Gasteiger partial charge in [-0.1, -0.05) is 25.1 Å². The summed E-state index contributed by atoms with van der Waals surface area (Å²) in [4.78, 5) is 23.4. The number of piperidine rings is 1. The Labute approximate surface area is 143 Å². The molecule has 3 rings (SSSR count). The zero-order valence-corrected chi connectivity index (χ0v) is 14.5. The molecule has 0 bridgehead atoms. The molecule has 1 fully saturated rings. The van der Waals surface area contributed by atoms with Gasteiger partial charge in [0.05, 0.1) is 5.56 Å². The SMILES string of the molecule is Cc1cccc(C)c1NC(=O)c1cnc(N2CCC(C)CC2)nc1. The second kappa shape index (κ2) is 6.99. The Bertz CT molecular complexity index is 698. The second-order valence-electron chi connectivity index (χ2n) is 6.66. The molecule has 0 saturated carbocycles. The van der Waals surface area contributed by atoms with Gasteiger partial charge in [-0.2, -0.15) is 0 Å². The highest BCUT2D eigenvalue weighted by Crippen LogP contribution is 2.21. The summed E-state index contributed by atoms with van der Waals surface area (Å²) < 4.78 is 0. The Morgan fingerprint density at radius 2 is 1.71 bits per heavy atom. The number of anilines is 2. The van der Waals surface area contributed by atoms with Crippen molar-refractivity contribution in [3.8, 4) is 0 Å². The number of aryl methyl sites for hydroxylation is 2. The van der Waals surface area contributed by atoms with E-state index in [1.165, 1.54) is 0 Å². The molecule has 1 aromatic heterocycles. The molecule has 0 radical (unpaired) electrons. The summed E-state index contributed by atoms with van der Waals surface area (Å²) in [6.07, 6.45) is 5.56. The van der Waals surface area contributed by atoms with Gasteiger partial charge in [0.2, 0.25) is 5.95 Å². The van der Waals surface area contributed by atoms with Gasteiger partial charge in [-0.15, -0.1) is 0 Å². The smallest absolute Gasteiger partial charge is 0.258 e. The number of rotatable bonds is 3. The van der Waals surface area contributed by atoms with Gasteiger partial charge in [0.25, 0.3) is 5.91 Å². The zero-order valence-electron chi connectivity index (χ0n) is 14.5. The van der Waals surface area contributed by atoms with Crippen LogP contribution in [-0.2, 0) is 0 Å². The van der Waals surface area contributed by atoms with Crippen LogP contribution in [0.15, 0.2) is 30.6 Å². The minimum Gasteiger partial charge on any atom is -0.341 e. The fraction of sp³-hybridized carbons (Fsp3) is 0.421. The lowest BCUT2D eigenvalue weighted by atomic mass is 10.00. The average molecular weight is 324 g/mol. The first kappa shape index (κ1) is 16.4. The van der Waals surface area contributed by atoms with E-state index in [0.717, 1.165) is 48.7 Å². The molecule has 2 aromatic rings. The molecular formula is C19H24N4O. The molecule has 0 unspecified atom stereocenters. The van der Waals surface area contributed by atoms with Crippen LogP contribution >= 0.6 is 0 Å². The lowest BCUT2D eigenvalue weighted by molar-refractivity contribution is 0.102. The van der Waals surface area contributed by atoms with E-state index in [-0.39, 0.29) is 5.91 Å². The van der Waals surface area contributed by atoms with E-state index in [4.69, 9.17) is 0 Å². The monoisotopic (exact) mass is 324 g/mol. The molecule has 2 heterocycles. The van der Waals surface area contributed by atoms with Crippen molar-refractivity contribution in [1.82, 2.24) is 9.97 Å². The molecule has 1 amide bonds. The van der Waals surface area contributed by atoms with Crippen molar-refractivity contribution in [3.05, 3.63) is 47.3 Å². The van der Waals surface area contributed by atoms with Gasteiger partial charge in [0, 0.05) is 31.2 Å². The van der Waals surface area contributed by atoms with E-state index in [1.54, 1.807) is 12.4 Å². The summed E-state index contributed by atoms with van der Waals surface area (Å²) >= 11 is 0. The van der Waals surface area contributed by atoms with Gasteiger partial charge in [-0.25, -0.2) is 9.97 Å². The second-order valence-corrected chi connectivity index (χ2v) is 6.66. The third kappa shape index (κ3) is 3.55. The molecule has 0 spiro atoms. The maximum absolute atomic E-state index is 12.4. The van der Waals surface area contributed by atoms with E-state index in [9.17, 15) is 4.79 Å². The number of nitrogens with one attached hydrogen (secondary N) is 1. The number of hydrogen-bond acceptors (Lipinski definition) is 4. The minimum atomic E-state index is -0.175. The van der Waals surface area contributed by atoms with Crippen molar-refractivity contribution in [1.29, 1.82) is 0 Å². The Hall–Kier alpha value is -2.43. The molecule has 1 aromatic carbocycles. The summed E-state index contributed by atoms with van der Waals surface area (Å²) in [7, 11) is 0. The number of amides is 1. The van der Waals surface area contributed by atoms with Crippen molar-refractivity contribution in [2.75, 3.05) is 23.3 Å². The van der Waals surface area contributed by atoms with Gasteiger partial charge in [-0.05, 0) is 43.7 Å². The largest absolute Gasteiger partial charge is 0.341 e. The van der Waals surface area contributed by atoms with Crippen LogP contribution in [0.5, 0.6) is 0 Å². The number of benzene rings is 1. The average Bonchev–Trinajstić information content (AvgIpc) is 2.59. The van der Waals surface area contributed by atoms with Gasteiger partial charge in [-0.3, -0.25) is 4.79 Å². The molecule has 1 aliphatic rings. The topological polar surface area (TPSA) is 58.1 Å². The number of para-hydroxylation sites is 1. The van der Waals surface area contributed by atoms with Crippen LogP contribution in [0.1, 0.15) is 41.3 Å². The first-order valence-electron chi connectivity index (χ1n) is 8.49. The van der Waals surface area contributed by atoms with E-state index in [0.29, 0.717) is 11.5 Å². The third-order valence-electron chi connectivity index (χ3n) is 4.69. The van der Waals surface area contributed by atoms with Crippen LogP contribution in [0.4, 0.5) is 11.6 Å². The van der Waals surface area contributed by atoms with Gasteiger partial charge in [0.1, 0.15) is 0 Å². The number of hydrogen-bond donors (Lipinski definition) is 1. The number of aromatic nitrogens is 2. The Kier molecular flexibility index (Phi) is 4.79. The lowest BCUT2D eigenvalue weighted by Crippen LogP contribution is -2.34. The van der Waals surface area contributed by atoms with Crippen LogP contribution < -0.4 is 10.2 Å². The van der Waals surface area contributed by atoms with Crippen molar-refractivity contribution in [2.45, 2.75) is 33.6 Å². The molecule has 126 valence electrons. The minimum absolute atomic E-state index is 0.175. The Morgan fingerprint density at radius 1 is 1.12 bits per heavy atom. The lowest BCUT2D eigenvalue weighted by Gasteiger charge is -2.30. The van der Waals surface area contributed by atoms with Crippen molar-refractivity contribution in [3.63, 3.8) is 0 Å². The van der Waals surface area contributed by atoms with Crippen molar-refractivity contribution in [2.24, 2.45) is 5.92 Å². The molecular weight excluding hydrogens is 300 g/mol. The summed E-state index contributed by atoms with van der Waals surface area (Å²) in [5.74, 6) is 1.31. The molecule has 1 N–H and O–H groups in total. The highest BCUT2D eigenvalue weighted by molar-refractivity contribution is 6.04. The summed E-state index contributed by atoms with van der Waals surface area (Å²) in [6, 6.07) is 5.96. The fourth-order valence-corrected chi connectivity index (χ4v) is 3.01. The maximum atomic E-state index is 12.4. The molecule has 24 heavy (non-hydrogen) atoms. The van der Waals surface area contributed by atoms with Crippen LogP contribution in [0.25, 0.3) is 0 Å². The van der Waals surface area contributed by atoms with E-state index in [1.807, 2.05) is 32.0 Å². The predicted molar refractivity (Wildman–Crippen MR) is 96.5 cm³/mol. The molecule has 1 aliphatic heterocycles. The first-order valence-corrected chi connectivity index (χ1v) is 8.49. The Morgan fingerprint density at radius 3 is 2.29 bits per heavy atom. The molecule has 5 nitrogen and oxygen atoms in total. The number of carbonyl (C=O) groups excluding carboxylic acids is 1. The van der Waals surface area contributed by atoms with Crippen LogP contribution in [0.2, 0.25) is 0 Å². The van der Waals surface area contributed by atoms with Gasteiger partial charge >= 0.3 is 0 Å². The third-order valence-corrected chi connectivity index (χ3v) is 4.69. The van der Waals surface area contributed by atoms with Crippen LogP contribution in [0.3, 0.4) is 0 Å². The molecule has 1 saturated heterocycles. The molecule has 5 heteroatoms. The van der Waals surface area contributed by atoms with E-state index >= 15 is 0 Å². The predicted octanol–water partition coefficient (Wildman–Crippen LogP) is 3.58. The van der Waals surface area contributed by atoms with Gasteiger partial charge < -0.3 is 10.2 Å². The van der Waals surface area contributed by atoms with E-state index in [2.05, 4.69) is 27.1 Å². The summed E-state index contributed by atoms with van der Waals surface area (Å²) in [6.45, 7) is 8.21. The first-order chi connectivity index (χ1) is 11.5. The zero-order chi connectivity index (χ0) is 17.1. The number of carbonyl (C=O) groups is 1.